The van der Waals surface area contributed by atoms with E-state index in [0.29, 0.717) is 6.42 Å². The number of hydrogen-bond donors (Lipinski definition) is 1. The lowest BCUT2D eigenvalue weighted by atomic mass is 9.96. The first-order valence-electron chi connectivity index (χ1n) is 6.25. The lowest BCUT2D eigenvalue weighted by Crippen LogP contribution is -2.15. The topological polar surface area (TPSA) is 35.2 Å². The van der Waals surface area contributed by atoms with Crippen LogP contribution in [0.15, 0.2) is 42.5 Å². The predicted octanol–water partition coefficient (Wildman–Crippen LogP) is 3.39. The Labute approximate surface area is 113 Å². The summed E-state index contributed by atoms with van der Waals surface area (Å²) in [6.45, 7) is 1.96. The molecule has 0 heterocycles. The first kappa shape index (κ1) is 13.6. The molecule has 2 N–H and O–H groups in total. The normalized spacial score (nSPS) is 12.2. The van der Waals surface area contributed by atoms with Crippen LogP contribution in [-0.4, -0.2) is 7.11 Å². The molecule has 2 aromatic carbocycles. The van der Waals surface area contributed by atoms with Crippen LogP contribution in [0, 0.1) is 12.7 Å². The van der Waals surface area contributed by atoms with Crippen LogP contribution in [0.4, 0.5) is 4.39 Å². The minimum Gasteiger partial charge on any atom is -0.496 e. The Kier molecular flexibility index (Phi) is 4.17. The molecule has 19 heavy (non-hydrogen) atoms. The first-order chi connectivity index (χ1) is 9.11. The molecule has 0 bridgehead atoms. The monoisotopic (exact) mass is 259 g/mol. The highest BCUT2D eigenvalue weighted by molar-refractivity contribution is 5.37. The van der Waals surface area contributed by atoms with Gasteiger partial charge in [0.05, 0.1) is 7.11 Å². The minimum absolute atomic E-state index is 0.211. The third-order valence-corrected chi connectivity index (χ3v) is 3.29. The summed E-state index contributed by atoms with van der Waals surface area (Å²) in [6, 6.07) is 12.2. The average molecular weight is 259 g/mol. The number of ether oxygens (including phenoxy) is 1. The van der Waals surface area contributed by atoms with Crippen molar-refractivity contribution in [3.63, 3.8) is 0 Å². The molecular weight excluding hydrogens is 241 g/mol. The molecule has 0 spiro atoms. The van der Waals surface area contributed by atoms with Gasteiger partial charge in [-0.3, -0.25) is 0 Å². The van der Waals surface area contributed by atoms with Gasteiger partial charge in [0, 0.05) is 11.6 Å². The zero-order valence-corrected chi connectivity index (χ0v) is 11.2. The van der Waals surface area contributed by atoms with Crippen molar-refractivity contribution >= 4 is 0 Å². The number of aryl methyl sites for hydroxylation is 1. The van der Waals surface area contributed by atoms with Crippen molar-refractivity contribution in [3.05, 3.63) is 65.0 Å². The van der Waals surface area contributed by atoms with Gasteiger partial charge in [-0.15, -0.1) is 0 Å². The molecule has 1 atom stereocenters. The largest absolute Gasteiger partial charge is 0.496 e. The van der Waals surface area contributed by atoms with Crippen molar-refractivity contribution in [1.29, 1.82) is 0 Å². The molecule has 0 saturated carbocycles. The molecule has 3 heteroatoms. The molecular formula is C16H18FNO. The van der Waals surface area contributed by atoms with Gasteiger partial charge in [0.15, 0.2) is 0 Å². The van der Waals surface area contributed by atoms with Crippen LogP contribution in [0.5, 0.6) is 5.75 Å². The maximum Gasteiger partial charge on any atom is 0.123 e. The lowest BCUT2D eigenvalue weighted by molar-refractivity contribution is 0.405. The van der Waals surface area contributed by atoms with Gasteiger partial charge in [-0.2, -0.15) is 0 Å². The SMILES string of the molecule is COc1ccccc1C(N)Cc1cc(F)ccc1C. The fraction of sp³-hybridized carbons (Fsp3) is 0.250. The van der Waals surface area contributed by atoms with E-state index < -0.39 is 0 Å². The summed E-state index contributed by atoms with van der Waals surface area (Å²) in [7, 11) is 1.62. The summed E-state index contributed by atoms with van der Waals surface area (Å²) in [5, 5.41) is 0. The Morgan fingerprint density at radius 2 is 1.95 bits per heavy atom. The molecule has 0 aliphatic rings. The van der Waals surface area contributed by atoms with E-state index in [-0.39, 0.29) is 11.9 Å². The second-order valence-corrected chi connectivity index (χ2v) is 4.62. The van der Waals surface area contributed by atoms with E-state index in [1.807, 2.05) is 31.2 Å². The molecule has 0 aliphatic carbocycles. The second-order valence-electron chi connectivity index (χ2n) is 4.62. The predicted molar refractivity (Wildman–Crippen MR) is 74.8 cm³/mol. The smallest absolute Gasteiger partial charge is 0.123 e. The lowest BCUT2D eigenvalue weighted by Gasteiger charge is -2.16. The zero-order chi connectivity index (χ0) is 13.8. The van der Waals surface area contributed by atoms with Gasteiger partial charge < -0.3 is 10.5 Å². The van der Waals surface area contributed by atoms with Gasteiger partial charge in [-0.1, -0.05) is 24.3 Å². The van der Waals surface area contributed by atoms with Crippen LogP contribution in [0.3, 0.4) is 0 Å². The minimum atomic E-state index is -0.229. The zero-order valence-electron chi connectivity index (χ0n) is 11.2. The summed E-state index contributed by atoms with van der Waals surface area (Å²) < 4.78 is 18.6. The number of methoxy groups -OCH3 is 1. The van der Waals surface area contributed by atoms with E-state index in [9.17, 15) is 4.39 Å². The van der Waals surface area contributed by atoms with Crippen LogP contribution >= 0.6 is 0 Å². The average Bonchev–Trinajstić information content (AvgIpc) is 2.42. The number of nitrogens with two attached hydrogens (primary N) is 1. The van der Waals surface area contributed by atoms with Gasteiger partial charge in [-0.05, 0) is 42.7 Å². The third kappa shape index (κ3) is 3.12. The standard InChI is InChI=1S/C16H18FNO/c1-11-7-8-13(17)9-12(11)10-15(18)14-5-3-4-6-16(14)19-2/h3-9,15H,10,18H2,1-2H3. The van der Waals surface area contributed by atoms with Crippen molar-refractivity contribution in [2.75, 3.05) is 7.11 Å². The fourth-order valence-electron chi connectivity index (χ4n) is 2.18. The van der Waals surface area contributed by atoms with E-state index in [4.69, 9.17) is 10.5 Å². The highest BCUT2D eigenvalue weighted by Gasteiger charge is 2.13. The molecule has 2 rings (SSSR count). The quantitative estimate of drug-likeness (QED) is 0.913. The number of halogens is 1. The summed E-state index contributed by atoms with van der Waals surface area (Å²) in [6.07, 6.45) is 0.587. The van der Waals surface area contributed by atoms with E-state index in [2.05, 4.69) is 0 Å². The third-order valence-electron chi connectivity index (χ3n) is 3.29. The molecule has 100 valence electrons. The second kappa shape index (κ2) is 5.85. The maximum absolute atomic E-state index is 13.3. The Hall–Kier alpha value is -1.87. The number of para-hydroxylation sites is 1. The van der Waals surface area contributed by atoms with Gasteiger partial charge in [0.1, 0.15) is 11.6 Å². The van der Waals surface area contributed by atoms with E-state index >= 15 is 0 Å². The van der Waals surface area contributed by atoms with Crippen molar-refractivity contribution in [2.45, 2.75) is 19.4 Å². The molecule has 0 saturated heterocycles. The first-order valence-corrected chi connectivity index (χ1v) is 6.25. The molecule has 1 unspecified atom stereocenters. The number of benzene rings is 2. The fourth-order valence-corrected chi connectivity index (χ4v) is 2.18. The van der Waals surface area contributed by atoms with Crippen molar-refractivity contribution in [2.24, 2.45) is 5.73 Å². The molecule has 0 radical (unpaired) electrons. The number of rotatable bonds is 4. The molecule has 0 aliphatic heterocycles. The Bertz CT molecular complexity index is 568. The van der Waals surface area contributed by atoms with E-state index in [1.54, 1.807) is 19.2 Å². The molecule has 2 aromatic rings. The van der Waals surface area contributed by atoms with Gasteiger partial charge in [-0.25, -0.2) is 4.39 Å². The molecule has 0 amide bonds. The summed E-state index contributed by atoms with van der Waals surface area (Å²) in [4.78, 5) is 0. The summed E-state index contributed by atoms with van der Waals surface area (Å²) in [5.74, 6) is 0.539. The summed E-state index contributed by atoms with van der Waals surface area (Å²) in [5.41, 5.74) is 9.14. The van der Waals surface area contributed by atoms with Crippen LogP contribution in [0.2, 0.25) is 0 Å². The van der Waals surface area contributed by atoms with Crippen molar-refractivity contribution in [1.82, 2.24) is 0 Å². The molecule has 2 nitrogen and oxygen atoms in total. The Morgan fingerprint density at radius 3 is 2.68 bits per heavy atom. The maximum atomic E-state index is 13.3. The van der Waals surface area contributed by atoms with Crippen LogP contribution in [0.25, 0.3) is 0 Å². The van der Waals surface area contributed by atoms with Gasteiger partial charge >= 0.3 is 0 Å². The molecule has 0 aromatic heterocycles. The van der Waals surface area contributed by atoms with Gasteiger partial charge in [0.25, 0.3) is 0 Å². The van der Waals surface area contributed by atoms with Crippen molar-refractivity contribution in [3.8, 4) is 5.75 Å². The number of hydrogen-bond acceptors (Lipinski definition) is 2. The van der Waals surface area contributed by atoms with Crippen LogP contribution < -0.4 is 10.5 Å². The summed E-state index contributed by atoms with van der Waals surface area (Å²) >= 11 is 0. The van der Waals surface area contributed by atoms with Crippen LogP contribution in [0.1, 0.15) is 22.7 Å². The van der Waals surface area contributed by atoms with E-state index in [0.717, 1.165) is 22.4 Å². The van der Waals surface area contributed by atoms with Crippen molar-refractivity contribution < 1.29 is 9.13 Å². The Morgan fingerprint density at radius 1 is 1.21 bits per heavy atom. The Balaban J connectivity index is 2.25. The highest BCUT2D eigenvalue weighted by atomic mass is 19.1. The van der Waals surface area contributed by atoms with Gasteiger partial charge in [0.2, 0.25) is 0 Å². The van der Waals surface area contributed by atoms with E-state index in [1.165, 1.54) is 6.07 Å². The highest BCUT2D eigenvalue weighted by Crippen LogP contribution is 2.26. The molecule has 0 fully saturated rings. The van der Waals surface area contributed by atoms with Crippen LogP contribution in [-0.2, 0) is 6.42 Å².